The molecule has 1 unspecified atom stereocenters. The summed E-state index contributed by atoms with van der Waals surface area (Å²) in [5.74, 6) is 3.46. The molecular weight excluding hydrogens is 330 g/mol. The highest BCUT2D eigenvalue weighted by Gasteiger charge is 2.35. The van der Waals surface area contributed by atoms with Gasteiger partial charge >= 0.3 is 0 Å². The number of hydrogen-bond donors (Lipinski definition) is 0. The van der Waals surface area contributed by atoms with Crippen LogP contribution in [0.1, 0.15) is 28.3 Å². The fourth-order valence-electron chi connectivity index (χ4n) is 4.53. The molecule has 0 amide bonds. The summed E-state index contributed by atoms with van der Waals surface area (Å²) in [6, 6.07) is 8.96. The number of rotatable bonds is 2. The van der Waals surface area contributed by atoms with Crippen LogP contribution in [0.2, 0.25) is 0 Å². The van der Waals surface area contributed by atoms with E-state index in [2.05, 4.69) is 23.1 Å². The molecule has 0 bridgehead atoms. The van der Waals surface area contributed by atoms with Gasteiger partial charge in [-0.1, -0.05) is 6.07 Å². The van der Waals surface area contributed by atoms with Crippen molar-refractivity contribution in [1.82, 2.24) is 4.90 Å². The van der Waals surface area contributed by atoms with E-state index in [1.165, 1.54) is 22.3 Å². The average Bonchev–Trinajstić information content (AvgIpc) is 2.70. The van der Waals surface area contributed by atoms with Gasteiger partial charge in [0.15, 0.2) is 23.0 Å². The van der Waals surface area contributed by atoms with E-state index in [0.717, 1.165) is 48.9 Å². The molecule has 5 rings (SSSR count). The van der Waals surface area contributed by atoms with E-state index >= 15 is 0 Å². The molecule has 136 valence electrons. The van der Waals surface area contributed by atoms with Crippen molar-refractivity contribution >= 4 is 0 Å². The van der Waals surface area contributed by atoms with Crippen molar-refractivity contribution < 1.29 is 18.9 Å². The predicted molar refractivity (Wildman–Crippen MR) is 97.5 cm³/mol. The van der Waals surface area contributed by atoms with Crippen molar-refractivity contribution in [2.75, 3.05) is 34.0 Å². The van der Waals surface area contributed by atoms with Gasteiger partial charge in [-0.15, -0.1) is 0 Å². The standard InChI is InChI=1S/C21H23NO4/c1-23-18-4-3-13-9-17-15-11-20-19(25-7-8-26-20)10-14(15)5-6-22(17)12-16(13)21(18)24-2/h3-4,10-11,17H,5-9,12H2,1-2H3. The summed E-state index contributed by atoms with van der Waals surface area (Å²) in [5.41, 5.74) is 5.36. The highest BCUT2D eigenvalue weighted by atomic mass is 16.6. The van der Waals surface area contributed by atoms with Crippen LogP contribution in [-0.4, -0.2) is 38.9 Å². The normalized spacial score (nSPS) is 20.6. The van der Waals surface area contributed by atoms with Crippen LogP contribution in [0.4, 0.5) is 0 Å². The van der Waals surface area contributed by atoms with Gasteiger partial charge < -0.3 is 18.9 Å². The molecular formula is C21H23NO4. The van der Waals surface area contributed by atoms with Crippen LogP contribution >= 0.6 is 0 Å². The Hall–Kier alpha value is -2.40. The Morgan fingerprint density at radius 2 is 1.81 bits per heavy atom. The lowest BCUT2D eigenvalue weighted by atomic mass is 9.83. The smallest absolute Gasteiger partial charge is 0.165 e. The Bertz CT molecular complexity index is 864. The molecule has 2 aromatic carbocycles. The van der Waals surface area contributed by atoms with Crippen LogP contribution in [0.15, 0.2) is 24.3 Å². The molecule has 2 aromatic rings. The predicted octanol–water partition coefficient (Wildman–Crippen LogP) is 3.13. The van der Waals surface area contributed by atoms with Crippen LogP contribution in [-0.2, 0) is 19.4 Å². The van der Waals surface area contributed by atoms with Gasteiger partial charge in [0.1, 0.15) is 13.2 Å². The molecule has 0 aliphatic carbocycles. The fourth-order valence-corrected chi connectivity index (χ4v) is 4.53. The van der Waals surface area contributed by atoms with Crippen molar-refractivity contribution in [3.63, 3.8) is 0 Å². The van der Waals surface area contributed by atoms with E-state index in [-0.39, 0.29) is 0 Å². The van der Waals surface area contributed by atoms with Gasteiger partial charge in [0.2, 0.25) is 0 Å². The highest BCUT2D eigenvalue weighted by molar-refractivity contribution is 5.55. The minimum Gasteiger partial charge on any atom is -0.493 e. The van der Waals surface area contributed by atoms with Crippen LogP contribution in [0, 0.1) is 0 Å². The third kappa shape index (κ3) is 2.34. The molecule has 0 fully saturated rings. The number of methoxy groups -OCH3 is 2. The number of ether oxygens (including phenoxy) is 4. The SMILES string of the molecule is COc1ccc2c(c1OC)CN1CCc3cc4c(cc3C1C2)OCCO4. The van der Waals surface area contributed by atoms with E-state index in [9.17, 15) is 0 Å². The number of fused-ring (bicyclic) bond motifs is 5. The first-order valence-electron chi connectivity index (χ1n) is 9.17. The molecule has 3 aliphatic heterocycles. The summed E-state index contributed by atoms with van der Waals surface area (Å²) in [4.78, 5) is 2.54. The monoisotopic (exact) mass is 353 g/mol. The highest BCUT2D eigenvalue weighted by Crippen LogP contribution is 2.46. The van der Waals surface area contributed by atoms with E-state index in [4.69, 9.17) is 18.9 Å². The van der Waals surface area contributed by atoms with Gasteiger partial charge in [-0.05, 0) is 47.7 Å². The van der Waals surface area contributed by atoms with Crippen molar-refractivity contribution in [3.8, 4) is 23.0 Å². The molecule has 0 spiro atoms. The number of hydrogen-bond acceptors (Lipinski definition) is 5. The molecule has 0 N–H and O–H groups in total. The molecule has 5 heteroatoms. The molecule has 0 saturated heterocycles. The fraction of sp³-hybridized carbons (Fsp3) is 0.429. The third-order valence-electron chi connectivity index (χ3n) is 5.79. The van der Waals surface area contributed by atoms with Crippen LogP contribution in [0.3, 0.4) is 0 Å². The lowest BCUT2D eigenvalue weighted by Gasteiger charge is -2.42. The van der Waals surface area contributed by atoms with Crippen molar-refractivity contribution in [3.05, 3.63) is 46.5 Å². The number of benzene rings is 2. The minimum atomic E-state index is 0.375. The van der Waals surface area contributed by atoms with Crippen LogP contribution in [0.25, 0.3) is 0 Å². The van der Waals surface area contributed by atoms with E-state index in [1.807, 2.05) is 6.07 Å². The molecule has 0 radical (unpaired) electrons. The maximum absolute atomic E-state index is 5.83. The van der Waals surface area contributed by atoms with Crippen LogP contribution in [0.5, 0.6) is 23.0 Å². The molecule has 0 saturated carbocycles. The van der Waals surface area contributed by atoms with Gasteiger partial charge in [0, 0.05) is 24.7 Å². The minimum absolute atomic E-state index is 0.375. The molecule has 3 heterocycles. The zero-order chi connectivity index (χ0) is 17.7. The first kappa shape index (κ1) is 15.8. The van der Waals surface area contributed by atoms with Crippen molar-refractivity contribution in [2.24, 2.45) is 0 Å². The Labute approximate surface area is 153 Å². The summed E-state index contributed by atoms with van der Waals surface area (Å²) < 4.78 is 22.7. The zero-order valence-electron chi connectivity index (χ0n) is 15.2. The van der Waals surface area contributed by atoms with Gasteiger partial charge in [-0.25, -0.2) is 0 Å². The summed E-state index contributed by atoms with van der Waals surface area (Å²) in [7, 11) is 3.41. The third-order valence-corrected chi connectivity index (χ3v) is 5.79. The Balaban J connectivity index is 1.56. The number of nitrogens with zero attached hydrogens (tertiary/aromatic N) is 1. The first-order valence-corrected chi connectivity index (χ1v) is 9.17. The molecule has 1 atom stereocenters. The second-order valence-corrected chi connectivity index (χ2v) is 7.07. The second kappa shape index (κ2) is 6.09. The zero-order valence-corrected chi connectivity index (χ0v) is 15.2. The maximum atomic E-state index is 5.83. The van der Waals surface area contributed by atoms with Gasteiger partial charge in [0.05, 0.1) is 14.2 Å². The molecule has 0 aromatic heterocycles. The van der Waals surface area contributed by atoms with Crippen molar-refractivity contribution in [1.29, 1.82) is 0 Å². The second-order valence-electron chi connectivity index (χ2n) is 7.07. The van der Waals surface area contributed by atoms with Crippen LogP contribution < -0.4 is 18.9 Å². The topological polar surface area (TPSA) is 40.2 Å². The molecule has 3 aliphatic rings. The lowest BCUT2D eigenvalue weighted by Crippen LogP contribution is -2.39. The quantitative estimate of drug-likeness (QED) is 0.830. The summed E-state index contributed by atoms with van der Waals surface area (Å²) in [5, 5.41) is 0. The Kier molecular flexibility index (Phi) is 3.71. The lowest BCUT2D eigenvalue weighted by molar-refractivity contribution is 0.151. The van der Waals surface area contributed by atoms with Crippen molar-refractivity contribution in [2.45, 2.75) is 25.4 Å². The Morgan fingerprint density at radius 3 is 2.58 bits per heavy atom. The van der Waals surface area contributed by atoms with E-state index in [1.54, 1.807) is 14.2 Å². The van der Waals surface area contributed by atoms with E-state index < -0.39 is 0 Å². The van der Waals surface area contributed by atoms with Gasteiger partial charge in [0.25, 0.3) is 0 Å². The van der Waals surface area contributed by atoms with Gasteiger partial charge in [-0.3, -0.25) is 4.90 Å². The Morgan fingerprint density at radius 1 is 1.00 bits per heavy atom. The summed E-state index contributed by atoms with van der Waals surface area (Å²) >= 11 is 0. The summed E-state index contributed by atoms with van der Waals surface area (Å²) in [6.45, 7) is 3.18. The van der Waals surface area contributed by atoms with Gasteiger partial charge in [-0.2, -0.15) is 0 Å². The largest absolute Gasteiger partial charge is 0.493 e. The summed E-state index contributed by atoms with van der Waals surface area (Å²) in [6.07, 6.45) is 2.01. The maximum Gasteiger partial charge on any atom is 0.165 e. The average molecular weight is 353 g/mol. The van der Waals surface area contributed by atoms with E-state index in [0.29, 0.717) is 19.3 Å². The first-order chi connectivity index (χ1) is 12.8. The molecule has 5 nitrogen and oxygen atoms in total. The molecule has 26 heavy (non-hydrogen) atoms.